The Kier molecular flexibility index (Phi) is 5.63. The van der Waals surface area contributed by atoms with Crippen LogP contribution in [0.1, 0.15) is 60.8 Å². The van der Waals surface area contributed by atoms with Crippen LogP contribution in [0.3, 0.4) is 0 Å². The normalized spacial score (nSPS) is 31.5. The van der Waals surface area contributed by atoms with E-state index in [1.54, 1.807) is 38.1 Å². The maximum atomic E-state index is 13.8. The number of ether oxygens (including phenoxy) is 2. The summed E-state index contributed by atoms with van der Waals surface area (Å²) < 4.78 is 12.1. The standard InChI is InChI=1S/C28H28N4O4/c1-5-21(33)31-25(35-3)23-17-11-7-9-13-19(17)27(31,15-29)28(16-30)20-14-10-8-12-18(20)24(23)26(36-4)32(28)22(34)6-2/h7-14,23-26H,5-6H2,1-4H3/t23-,24-,25-,26+,27+,28+/m0/s1. The molecule has 5 rings (SSSR count). The molecule has 2 aromatic rings. The second-order valence-electron chi connectivity index (χ2n) is 9.36. The monoisotopic (exact) mass is 484 g/mol. The van der Waals surface area contributed by atoms with Gasteiger partial charge in [0, 0.05) is 38.9 Å². The molecule has 6 atom stereocenters. The Morgan fingerprint density at radius 2 is 1.14 bits per heavy atom. The first-order valence-corrected chi connectivity index (χ1v) is 12.2. The van der Waals surface area contributed by atoms with Crippen LogP contribution >= 0.6 is 0 Å². The van der Waals surface area contributed by atoms with Crippen LogP contribution in [0.4, 0.5) is 0 Å². The lowest BCUT2D eigenvalue weighted by atomic mass is 9.53. The number of fused-ring (bicyclic) bond motifs is 2. The lowest BCUT2D eigenvalue weighted by Gasteiger charge is -2.66. The molecule has 8 nitrogen and oxygen atoms in total. The molecule has 3 aliphatic rings. The summed E-state index contributed by atoms with van der Waals surface area (Å²) in [5.74, 6) is -1.59. The zero-order valence-electron chi connectivity index (χ0n) is 20.8. The number of nitriles is 2. The number of nitrogens with zero attached hydrogens (tertiary/aromatic N) is 4. The zero-order valence-corrected chi connectivity index (χ0v) is 20.8. The van der Waals surface area contributed by atoms with Crippen LogP contribution in [0.2, 0.25) is 0 Å². The van der Waals surface area contributed by atoms with Gasteiger partial charge in [-0.25, -0.2) is 0 Å². The Hall–Kier alpha value is -3.72. The van der Waals surface area contributed by atoms with Gasteiger partial charge in [-0.05, 0) is 22.3 Å². The van der Waals surface area contributed by atoms with E-state index in [9.17, 15) is 20.1 Å². The van der Waals surface area contributed by atoms with E-state index in [-0.39, 0.29) is 24.7 Å². The van der Waals surface area contributed by atoms with E-state index in [1.807, 2.05) is 24.3 Å². The number of benzene rings is 2. The summed E-state index contributed by atoms with van der Waals surface area (Å²) in [5, 5.41) is 22.4. The second-order valence-corrected chi connectivity index (χ2v) is 9.36. The van der Waals surface area contributed by atoms with Crippen molar-refractivity contribution < 1.29 is 19.1 Å². The lowest BCUT2D eigenvalue weighted by molar-refractivity contribution is -0.220. The van der Waals surface area contributed by atoms with Crippen LogP contribution in [0.15, 0.2) is 48.5 Å². The summed E-state index contributed by atoms with van der Waals surface area (Å²) in [6.07, 6.45) is -1.51. The third-order valence-electron chi connectivity index (χ3n) is 8.12. The van der Waals surface area contributed by atoms with Crippen molar-refractivity contribution in [3.05, 3.63) is 70.8 Å². The van der Waals surface area contributed by atoms with Gasteiger partial charge in [-0.3, -0.25) is 19.4 Å². The van der Waals surface area contributed by atoms with Crippen molar-refractivity contribution in [3.8, 4) is 12.1 Å². The Morgan fingerprint density at radius 1 is 0.778 bits per heavy atom. The van der Waals surface area contributed by atoms with Crippen molar-refractivity contribution in [1.82, 2.24) is 9.80 Å². The maximum Gasteiger partial charge on any atom is 0.226 e. The molecule has 2 amide bonds. The SMILES string of the molecule is CCC(=O)N1[C@H](OC)[C@H]2c3ccccc3[C@]1(C#N)[C@@]1(C#N)c3ccccc3[C@@H]2[C@H](OC)N1C(=O)CC. The summed E-state index contributed by atoms with van der Waals surface area (Å²) in [5.41, 5.74) is -1.09. The van der Waals surface area contributed by atoms with Crippen LogP contribution < -0.4 is 0 Å². The average Bonchev–Trinajstić information content (AvgIpc) is 2.92. The topological polar surface area (TPSA) is 107 Å². The van der Waals surface area contributed by atoms with Crippen molar-refractivity contribution in [2.45, 2.75) is 62.1 Å². The molecule has 0 saturated carbocycles. The van der Waals surface area contributed by atoms with Gasteiger partial charge in [0.2, 0.25) is 11.8 Å². The molecule has 0 spiro atoms. The van der Waals surface area contributed by atoms with Gasteiger partial charge in [0.25, 0.3) is 0 Å². The average molecular weight is 485 g/mol. The number of hydrogen-bond donors (Lipinski definition) is 0. The van der Waals surface area contributed by atoms with E-state index in [1.165, 1.54) is 24.0 Å². The molecule has 4 bridgehead atoms. The zero-order chi connectivity index (χ0) is 25.8. The minimum Gasteiger partial charge on any atom is -0.361 e. The largest absolute Gasteiger partial charge is 0.361 e. The highest BCUT2D eigenvalue weighted by Gasteiger charge is 2.75. The van der Waals surface area contributed by atoms with Crippen molar-refractivity contribution >= 4 is 11.8 Å². The molecule has 8 heteroatoms. The van der Waals surface area contributed by atoms with E-state index in [4.69, 9.17) is 9.47 Å². The predicted octanol–water partition coefficient (Wildman–Crippen LogP) is 3.45. The van der Waals surface area contributed by atoms with Gasteiger partial charge in [-0.15, -0.1) is 0 Å². The van der Waals surface area contributed by atoms with Gasteiger partial charge in [-0.1, -0.05) is 62.4 Å². The van der Waals surface area contributed by atoms with Crippen molar-refractivity contribution in [3.63, 3.8) is 0 Å². The molecule has 0 saturated heterocycles. The van der Waals surface area contributed by atoms with E-state index >= 15 is 0 Å². The van der Waals surface area contributed by atoms with Crippen LogP contribution in [0.5, 0.6) is 0 Å². The number of amides is 2. The Balaban J connectivity index is 2.09. The fraction of sp³-hybridized carbons (Fsp3) is 0.429. The lowest BCUT2D eigenvalue weighted by Crippen LogP contribution is -2.78. The Morgan fingerprint density at radius 3 is 1.44 bits per heavy atom. The first kappa shape index (κ1) is 24.0. The molecule has 0 fully saturated rings. The van der Waals surface area contributed by atoms with Gasteiger partial charge in [-0.2, -0.15) is 10.5 Å². The van der Waals surface area contributed by atoms with Gasteiger partial charge < -0.3 is 9.47 Å². The Labute approximate surface area is 210 Å². The first-order valence-electron chi connectivity index (χ1n) is 12.2. The van der Waals surface area contributed by atoms with Gasteiger partial charge >= 0.3 is 0 Å². The number of rotatable bonds is 4. The Bertz CT molecular complexity index is 1230. The number of hydrogen-bond acceptors (Lipinski definition) is 6. The molecule has 0 aromatic heterocycles. The predicted molar refractivity (Wildman–Crippen MR) is 129 cm³/mol. The molecule has 36 heavy (non-hydrogen) atoms. The highest BCUT2D eigenvalue weighted by atomic mass is 16.5. The molecule has 0 N–H and O–H groups in total. The van der Waals surface area contributed by atoms with Crippen LogP contribution in [0.25, 0.3) is 0 Å². The van der Waals surface area contributed by atoms with E-state index < -0.39 is 35.4 Å². The number of carbonyl (C=O) groups is 2. The van der Waals surface area contributed by atoms with Crippen LogP contribution in [-0.4, -0.2) is 48.3 Å². The van der Waals surface area contributed by atoms with E-state index in [0.717, 1.165) is 11.1 Å². The van der Waals surface area contributed by atoms with Gasteiger partial charge in [0.15, 0.2) is 11.1 Å². The summed E-state index contributed by atoms with van der Waals surface area (Å²) in [6, 6.07) is 19.7. The van der Waals surface area contributed by atoms with Gasteiger partial charge in [0.1, 0.15) is 24.6 Å². The minimum atomic E-state index is -1.90. The molecule has 0 unspecified atom stereocenters. The quantitative estimate of drug-likeness (QED) is 0.658. The molecular formula is C28H28N4O4. The molecule has 1 aliphatic carbocycles. The number of carbonyl (C=O) groups excluding carboxylic acids is 2. The summed E-state index contributed by atoms with van der Waals surface area (Å²) in [6.45, 7) is 3.44. The molecule has 2 aliphatic heterocycles. The second kappa shape index (κ2) is 8.44. The van der Waals surface area contributed by atoms with Crippen molar-refractivity contribution in [1.29, 1.82) is 10.5 Å². The molecular weight excluding hydrogens is 456 g/mol. The molecule has 184 valence electrons. The maximum absolute atomic E-state index is 13.8. The fourth-order valence-corrected chi connectivity index (χ4v) is 6.88. The van der Waals surface area contributed by atoms with Crippen LogP contribution in [-0.2, 0) is 30.1 Å². The van der Waals surface area contributed by atoms with E-state index in [0.29, 0.717) is 11.1 Å². The summed E-state index contributed by atoms with van der Waals surface area (Å²) in [4.78, 5) is 30.4. The third kappa shape index (κ3) is 2.53. The van der Waals surface area contributed by atoms with Crippen LogP contribution in [0, 0.1) is 22.7 Å². The smallest absolute Gasteiger partial charge is 0.226 e. The molecule has 2 aromatic carbocycles. The van der Waals surface area contributed by atoms with Gasteiger partial charge in [0.05, 0.1) is 0 Å². The minimum absolute atomic E-state index is 0.0986. The van der Waals surface area contributed by atoms with E-state index in [2.05, 4.69) is 12.1 Å². The summed E-state index contributed by atoms with van der Waals surface area (Å²) >= 11 is 0. The molecule has 2 heterocycles. The summed E-state index contributed by atoms with van der Waals surface area (Å²) in [7, 11) is 3.03. The third-order valence-corrected chi connectivity index (χ3v) is 8.12. The van der Waals surface area contributed by atoms with Crippen molar-refractivity contribution in [2.24, 2.45) is 0 Å². The van der Waals surface area contributed by atoms with Crippen molar-refractivity contribution in [2.75, 3.05) is 14.2 Å². The fourth-order valence-electron chi connectivity index (χ4n) is 6.88. The highest BCUT2D eigenvalue weighted by Crippen LogP contribution is 2.65. The number of methoxy groups -OCH3 is 2. The first-order chi connectivity index (χ1) is 17.4. The highest BCUT2D eigenvalue weighted by molar-refractivity contribution is 5.84. The molecule has 0 radical (unpaired) electrons.